The van der Waals surface area contributed by atoms with Crippen LogP contribution in [-0.2, 0) is 11.2 Å². The van der Waals surface area contributed by atoms with Gasteiger partial charge in [0.05, 0.1) is 7.11 Å². The van der Waals surface area contributed by atoms with E-state index in [4.69, 9.17) is 9.47 Å². The molecule has 1 aliphatic heterocycles. The van der Waals surface area contributed by atoms with Crippen molar-refractivity contribution in [3.63, 3.8) is 0 Å². The number of hydrogen-bond donors (Lipinski definition) is 1. The molecule has 1 aliphatic rings. The molecule has 1 heterocycles. The number of methoxy groups -OCH3 is 1. The molecule has 3 nitrogen and oxygen atoms in total. The van der Waals surface area contributed by atoms with E-state index in [1.165, 1.54) is 5.56 Å². The summed E-state index contributed by atoms with van der Waals surface area (Å²) in [4.78, 5) is 0. The molecular formula is C12H17NO2. The first-order valence-electron chi connectivity index (χ1n) is 5.36. The Hall–Kier alpha value is -1.06. The first kappa shape index (κ1) is 10.5. The summed E-state index contributed by atoms with van der Waals surface area (Å²) in [7, 11) is 1.69. The maximum Gasteiger partial charge on any atom is 0.119 e. The van der Waals surface area contributed by atoms with Crippen LogP contribution in [0.4, 0.5) is 0 Å². The molecule has 1 aromatic rings. The van der Waals surface area contributed by atoms with Crippen LogP contribution in [0.3, 0.4) is 0 Å². The van der Waals surface area contributed by atoms with E-state index in [2.05, 4.69) is 17.4 Å². The van der Waals surface area contributed by atoms with Gasteiger partial charge in [0.15, 0.2) is 0 Å². The van der Waals surface area contributed by atoms with E-state index in [-0.39, 0.29) is 6.23 Å². The second kappa shape index (κ2) is 5.14. The number of rotatable bonds is 3. The molecule has 0 aliphatic carbocycles. The Morgan fingerprint density at radius 2 is 2.47 bits per heavy atom. The molecule has 2 rings (SSSR count). The predicted octanol–water partition coefficient (Wildman–Crippen LogP) is 1.57. The maximum absolute atomic E-state index is 5.60. The zero-order valence-electron chi connectivity index (χ0n) is 9.03. The van der Waals surface area contributed by atoms with E-state index in [0.717, 1.165) is 31.7 Å². The molecule has 0 amide bonds. The number of benzene rings is 1. The third-order valence-electron chi connectivity index (χ3n) is 2.57. The Kier molecular flexibility index (Phi) is 3.59. The van der Waals surface area contributed by atoms with Crippen molar-refractivity contribution in [1.29, 1.82) is 0 Å². The van der Waals surface area contributed by atoms with Crippen LogP contribution in [0.1, 0.15) is 12.0 Å². The fraction of sp³-hybridized carbons (Fsp3) is 0.500. The van der Waals surface area contributed by atoms with Crippen molar-refractivity contribution < 1.29 is 9.47 Å². The summed E-state index contributed by atoms with van der Waals surface area (Å²) in [6, 6.07) is 8.12. The maximum atomic E-state index is 5.60. The average molecular weight is 207 g/mol. The van der Waals surface area contributed by atoms with Gasteiger partial charge < -0.3 is 9.47 Å². The van der Waals surface area contributed by atoms with E-state index in [0.29, 0.717) is 0 Å². The van der Waals surface area contributed by atoms with Crippen molar-refractivity contribution in [1.82, 2.24) is 5.32 Å². The third kappa shape index (κ3) is 2.94. The van der Waals surface area contributed by atoms with Gasteiger partial charge in [-0.1, -0.05) is 12.1 Å². The monoisotopic (exact) mass is 207 g/mol. The van der Waals surface area contributed by atoms with Gasteiger partial charge in [-0.25, -0.2) is 0 Å². The quantitative estimate of drug-likeness (QED) is 0.816. The molecule has 1 unspecified atom stereocenters. The van der Waals surface area contributed by atoms with Crippen LogP contribution < -0.4 is 10.1 Å². The zero-order chi connectivity index (χ0) is 10.5. The number of ether oxygens (including phenoxy) is 2. The highest BCUT2D eigenvalue weighted by Gasteiger charge is 2.13. The molecule has 0 saturated carbocycles. The van der Waals surface area contributed by atoms with Gasteiger partial charge in [-0.05, 0) is 30.7 Å². The van der Waals surface area contributed by atoms with Gasteiger partial charge in [0.2, 0.25) is 0 Å². The average Bonchev–Trinajstić information content (AvgIpc) is 2.31. The Labute approximate surface area is 90.4 Å². The highest BCUT2D eigenvalue weighted by molar-refractivity contribution is 5.28. The van der Waals surface area contributed by atoms with E-state index < -0.39 is 0 Å². The third-order valence-corrected chi connectivity index (χ3v) is 2.57. The van der Waals surface area contributed by atoms with Gasteiger partial charge in [-0.3, -0.25) is 5.32 Å². The smallest absolute Gasteiger partial charge is 0.119 e. The Morgan fingerprint density at radius 3 is 3.20 bits per heavy atom. The van der Waals surface area contributed by atoms with Gasteiger partial charge in [-0.15, -0.1) is 0 Å². The SMILES string of the molecule is COc1cccc(CC2NCCCO2)c1. The summed E-state index contributed by atoms with van der Waals surface area (Å²) in [6.07, 6.45) is 2.16. The van der Waals surface area contributed by atoms with Crippen LogP contribution in [0.5, 0.6) is 5.75 Å². The molecule has 0 spiro atoms. The topological polar surface area (TPSA) is 30.5 Å². The van der Waals surface area contributed by atoms with Crippen LogP contribution in [0.15, 0.2) is 24.3 Å². The van der Waals surface area contributed by atoms with Crippen LogP contribution >= 0.6 is 0 Å². The van der Waals surface area contributed by atoms with Crippen molar-refractivity contribution in [2.45, 2.75) is 19.1 Å². The molecule has 1 atom stereocenters. The molecule has 1 aromatic carbocycles. The van der Waals surface area contributed by atoms with Crippen molar-refractivity contribution in [2.24, 2.45) is 0 Å². The van der Waals surface area contributed by atoms with Crippen molar-refractivity contribution in [2.75, 3.05) is 20.3 Å². The lowest BCUT2D eigenvalue weighted by atomic mass is 10.1. The van der Waals surface area contributed by atoms with Crippen molar-refractivity contribution >= 4 is 0 Å². The summed E-state index contributed by atoms with van der Waals surface area (Å²) >= 11 is 0. The molecular weight excluding hydrogens is 190 g/mol. The van der Waals surface area contributed by atoms with Gasteiger partial charge in [0.1, 0.15) is 12.0 Å². The molecule has 1 saturated heterocycles. The summed E-state index contributed by atoms with van der Waals surface area (Å²) in [5, 5.41) is 3.34. The zero-order valence-corrected chi connectivity index (χ0v) is 9.03. The summed E-state index contributed by atoms with van der Waals surface area (Å²) in [5.74, 6) is 0.906. The molecule has 0 bridgehead atoms. The van der Waals surface area contributed by atoms with E-state index in [1.807, 2.05) is 12.1 Å². The fourth-order valence-corrected chi connectivity index (χ4v) is 1.76. The standard InChI is InChI=1S/C12H17NO2/c1-14-11-5-2-4-10(8-11)9-12-13-6-3-7-15-12/h2,4-5,8,12-13H,3,6-7,9H2,1H3. The minimum Gasteiger partial charge on any atom is -0.497 e. The van der Waals surface area contributed by atoms with Crippen LogP contribution in [0.2, 0.25) is 0 Å². The van der Waals surface area contributed by atoms with Gasteiger partial charge >= 0.3 is 0 Å². The summed E-state index contributed by atoms with van der Waals surface area (Å²) in [5.41, 5.74) is 1.24. The number of nitrogens with one attached hydrogen (secondary N) is 1. The molecule has 1 N–H and O–H groups in total. The van der Waals surface area contributed by atoms with Crippen LogP contribution in [0, 0.1) is 0 Å². The molecule has 1 fully saturated rings. The second-order valence-corrected chi connectivity index (χ2v) is 3.72. The lowest BCUT2D eigenvalue weighted by Crippen LogP contribution is -2.39. The van der Waals surface area contributed by atoms with Crippen LogP contribution in [-0.4, -0.2) is 26.5 Å². The lowest BCUT2D eigenvalue weighted by Gasteiger charge is -2.24. The lowest BCUT2D eigenvalue weighted by molar-refractivity contribution is 0.00193. The van der Waals surface area contributed by atoms with E-state index in [9.17, 15) is 0 Å². The predicted molar refractivity (Wildman–Crippen MR) is 59.1 cm³/mol. The minimum absolute atomic E-state index is 0.158. The van der Waals surface area contributed by atoms with Gasteiger partial charge in [0.25, 0.3) is 0 Å². The molecule has 15 heavy (non-hydrogen) atoms. The van der Waals surface area contributed by atoms with Gasteiger partial charge in [0, 0.05) is 13.0 Å². The summed E-state index contributed by atoms with van der Waals surface area (Å²) < 4.78 is 10.8. The minimum atomic E-state index is 0.158. The Balaban J connectivity index is 1.96. The molecule has 82 valence electrons. The van der Waals surface area contributed by atoms with E-state index in [1.54, 1.807) is 7.11 Å². The van der Waals surface area contributed by atoms with Crippen molar-refractivity contribution in [3.05, 3.63) is 29.8 Å². The molecule has 0 aromatic heterocycles. The van der Waals surface area contributed by atoms with Crippen LogP contribution in [0.25, 0.3) is 0 Å². The molecule has 0 radical (unpaired) electrons. The highest BCUT2D eigenvalue weighted by Crippen LogP contribution is 2.15. The fourth-order valence-electron chi connectivity index (χ4n) is 1.76. The first-order valence-corrected chi connectivity index (χ1v) is 5.36. The normalized spacial score (nSPS) is 21.3. The largest absolute Gasteiger partial charge is 0.497 e. The Morgan fingerprint density at radius 1 is 1.53 bits per heavy atom. The first-order chi connectivity index (χ1) is 7.38. The van der Waals surface area contributed by atoms with E-state index >= 15 is 0 Å². The highest BCUT2D eigenvalue weighted by atomic mass is 16.5. The Bertz CT molecular complexity index is 308. The van der Waals surface area contributed by atoms with Crippen molar-refractivity contribution in [3.8, 4) is 5.75 Å². The summed E-state index contributed by atoms with van der Waals surface area (Å²) in [6.45, 7) is 1.91. The molecule has 3 heteroatoms. The van der Waals surface area contributed by atoms with Gasteiger partial charge in [-0.2, -0.15) is 0 Å². The number of hydrogen-bond acceptors (Lipinski definition) is 3. The second-order valence-electron chi connectivity index (χ2n) is 3.72.